The maximum Gasteiger partial charge on any atom is 0.253 e. The second-order valence-corrected chi connectivity index (χ2v) is 5.14. The van der Waals surface area contributed by atoms with Gasteiger partial charge in [-0.15, -0.1) is 0 Å². The predicted octanol–water partition coefficient (Wildman–Crippen LogP) is 2.42. The minimum atomic E-state index is -1.60. The lowest BCUT2D eigenvalue weighted by atomic mass is 9.94. The van der Waals surface area contributed by atoms with Gasteiger partial charge in [0.05, 0.1) is 11.6 Å². The third-order valence-corrected chi connectivity index (χ3v) is 3.69. The van der Waals surface area contributed by atoms with Crippen LogP contribution in [0.25, 0.3) is 0 Å². The highest BCUT2D eigenvalue weighted by atomic mass is 35.5. The Morgan fingerprint density at radius 2 is 2.05 bits per heavy atom. The first kappa shape index (κ1) is 14.2. The molecular weight excluding hydrogens is 276 g/mol. The van der Waals surface area contributed by atoms with Crippen LogP contribution in [0.5, 0.6) is 0 Å². The standard InChI is InChI=1S/C13H14ClF2NO2/c14-10-7-9(1-2-11(10)15)12(19)17-5-3-13(16,8-18)4-6-17/h1-2,7,18H,3-6,8H2. The summed E-state index contributed by atoms with van der Waals surface area (Å²) in [5.74, 6) is -0.887. The fraction of sp³-hybridized carbons (Fsp3) is 0.462. The van der Waals surface area contributed by atoms with Crippen LogP contribution in [-0.2, 0) is 0 Å². The van der Waals surface area contributed by atoms with Crippen molar-refractivity contribution in [1.29, 1.82) is 0 Å². The number of nitrogens with zero attached hydrogens (tertiary/aromatic N) is 1. The van der Waals surface area contributed by atoms with Gasteiger partial charge < -0.3 is 10.0 Å². The topological polar surface area (TPSA) is 40.5 Å². The van der Waals surface area contributed by atoms with E-state index in [1.165, 1.54) is 17.0 Å². The van der Waals surface area contributed by atoms with Gasteiger partial charge in [-0.1, -0.05) is 11.6 Å². The van der Waals surface area contributed by atoms with Crippen LogP contribution in [-0.4, -0.2) is 41.3 Å². The molecule has 0 radical (unpaired) electrons. The number of likely N-dealkylation sites (tertiary alicyclic amines) is 1. The Morgan fingerprint density at radius 1 is 1.42 bits per heavy atom. The Hall–Kier alpha value is -1.20. The van der Waals surface area contributed by atoms with E-state index in [4.69, 9.17) is 16.7 Å². The summed E-state index contributed by atoms with van der Waals surface area (Å²) in [6.07, 6.45) is 0.203. The Balaban J connectivity index is 2.07. The molecule has 1 aromatic rings. The van der Waals surface area contributed by atoms with Crippen LogP contribution in [0.3, 0.4) is 0 Å². The average Bonchev–Trinajstić information content (AvgIpc) is 2.42. The van der Waals surface area contributed by atoms with E-state index in [0.717, 1.165) is 6.07 Å². The first-order chi connectivity index (χ1) is 8.95. The Morgan fingerprint density at radius 3 is 2.58 bits per heavy atom. The predicted molar refractivity (Wildman–Crippen MR) is 67.5 cm³/mol. The van der Waals surface area contributed by atoms with Crippen molar-refractivity contribution >= 4 is 17.5 Å². The lowest BCUT2D eigenvalue weighted by molar-refractivity contribution is 0.00992. The summed E-state index contributed by atoms with van der Waals surface area (Å²) in [6, 6.07) is 3.75. The van der Waals surface area contributed by atoms with E-state index in [0.29, 0.717) is 0 Å². The molecule has 1 amide bonds. The molecule has 0 aliphatic carbocycles. The van der Waals surface area contributed by atoms with Gasteiger partial charge in [-0.25, -0.2) is 8.78 Å². The third kappa shape index (κ3) is 3.04. The van der Waals surface area contributed by atoms with Crippen molar-refractivity contribution in [2.24, 2.45) is 0 Å². The number of carbonyl (C=O) groups is 1. The Bertz CT molecular complexity index is 488. The molecule has 19 heavy (non-hydrogen) atoms. The quantitative estimate of drug-likeness (QED) is 0.908. The van der Waals surface area contributed by atoms with Crippen molar-refractivity contribution in [3.05, 3.63) is 34.6 Å². The normalized spacial score (nSPS) is 18.4. The first-order valence-electron chi connectivity index (χ1n) is 5.99. The van der Waals surface area contributed by atoms with Gasteiger partial charge in [0.1, 0.15) is 11.5 Å². The second kappa shape index (κ2) is 5.43. The molecule has 0 atom stereocenters. The number of rotatable bonds is 2. The summed E-state index contributed by atoms with van der Waals surface area (Å²) in [5.41, 5.74) is -1.32. The van der Waals surface area contributed by atoms with E-state index in [-0.39, 0.29) is 42.4 Å². The van der Waals surface area contributed by atoms with Crippen LogP contribution in [0.1, 0.15) is 23.2 Å². The summed E-state index contributed by atoms with van der Waals surface area (Å²) in [6.45, 7) is -0.0762. The highest BCUT2D eigenvalue weighted by molar-refractivity contribution is 6.31. The van der Waals surface area contributed by atoms with Crippen LogP contribution in [0.2, 0.25) is 5.02 Å². The number of carbonyl (C=O) groups excluding carboxylic acids is 1. The highest BCUT2D eigenvalue weighted by Crippen LogP contribution is 2.27. The molecule has 6 heteroatoms. The molecule has 1 saturated heterocycles. The van der Waals surface area contributed by atoms with Crippen molar-refractivity contribution in [2.75, 3.05) is 19.7 Å². The molecule has 1 aromatic carbocycles. The Kier molecular flexibility index (Phi) is 4.06. The van der Waals surface area contributed by atoms with Gasteiger partial charge in [0, 0.05) is 31.5 Å². The molecule has 1 fully saturated rings. The summed E-state index contributed by atoms with van der Waals surface area (Å²) in [4.78, 5) is 13.6. The molecule has 1 aliphatic heterocycles. The minimum absolute atomic E-state index is 0.101. The van der Waals surface area contributed by atoms with E-state index in [1.54, 1.807) is 0 Å². The molecule has 104 valence electrons. The number of halogens is 3. The van der Waals surface area contributed by atoms with Crippen molar-refractivity contribution in [2.45, 2.75) is 18.5 Å². The van der Waals surface area contributed by atoms with Crippen molar-refractivity contribution in [3.63, 3.8) is 0 Å². The van der Waals surface area contributed by atoms with Crippen LogP contribution >= 0.6 is 11.6 Å². The largest absolute Gasteiger partial charge is 0.393 e. The first-order valence-corrected chi connectivity index (χ1v) is 6.37. The molecule has 0 saturated carbocycles. The molecule has 0 unspecified atom stereocenters. The maximum atomic E-state index is 13.8. The number of piperidine rings is 1. The van der Waals surface area contributed by atoms with Gasteiger partial charge in [0.25, 0.3) is 5.91 Å². The highest BCUT2D eigenvalue weighted by Gasteiger charge is 2.35. The third-order valence-electron chi connectivity index (χ3n) is 3.40. The monoisotopic (exact) mass is 289 g/mol. The summed E-state index contributed by atoms with van der Waals surface area (Å²) < 4.78 is 26.8. The average molecular weight is 290 g/mol. The number of aliphatic hydroxyl groups is 1. The SMILES string of the molecule is O=C(c1ccc(F)c(Cl)c1)N1CCC(F)(CO)CC1. The van der Waals surface area contributed by atoms with Crippen molar-refractivity contribution < 1.29 is 18.7 Å². The van der Waals surface area contributed by atoms with Crippen LogP contribution in [0.4, 0.5) is 8.78 Å². The van der Waals surface area contributed by atoms with Gasteiger partial charge in [-0.2, -0.15) is 0 Å². The van der Waals surface area contributed by atoms with E-state index in [2.05, 4.69) is 0 Å². The molecule has 1 aliphatic rings. The summed E-state index contributed by atoms with van der Waals surface area (Å²) >= 11 is 5.63. The number of hydrogen-bond donors (Lipinski definition) is 1. The molecule has 0 spiro atoms. The van der Waals surface area contributed by atoms with Crippen molar-refractivity contribution in [3.8, 4) is 0 Å². The minimum Gasteiger partial charge on any atom is -0.393 e. The molecule has 1 N–H and O–H groups in total. The van der Waals surface area contributed by atoms with Gasteiger partial charge in [-0.3, -0.25) is 4.79 Å². The number of hydrogen-bond acceptors (Lipinski definition) is 2. The van der Waals surface area contributed by atoms with Gasteiger partial charge in [0.2, 0.25) is 0 Å². The second-order valence-electron chi connectivity index (χ2n) is 4.73. The fourth-order valence-electron chi connectivity index (χ4n) is 2.08. The van der Waals surface area contributed by atoms with E-state index < -0.39 is 18.1 Å². The maximum absolute atomic E-state index is 13.8. The smallest absolute Gasteiger partial charge is 0.253 e. The lowest BCUT2D eigenvalue weighted by Gasteiger charge is -2.35. The van der Waals surface area contributed by atoms with Gasteiger partial charge in [-0.05, 0) is 18.2 Å². The number of amides is 1. The van der Waals surface area contributed by atoms with Crippen LogP contribution in [0, 0.1) is 5.82 Å². The number of aliphatic hydroxyl groups excluding tert-OH is 1. The molecule has 0 aromatic heterocycles. The van der Waals surface area contributed by atoms with E-state index >= 15 is 0 Å². The number of benzene rings is 1. The number of alkyl halides is 1. The molecule has 2 rings (SSSR count). The molecule has 1 heterocycles. The van der Waals surface area contributed by atoms with Gasteiger partial charge in [0.15, 0.2) is 0 Å². The van der Waals surface area contributed by atoms with Gasteiger partial charge >= 0.3 is 0 Å². The van der Waals surface area contributed by atoms with Crippen LogP contribution in [0.15, 0.2) is 18.2 Å². The lowest BCUT2D eigenvalue weighted by Crippen LogP contribution is -2.46. The zero-order valence-electron chi connectivity index (χ0n) is 10.2. The van der Waals surface area contributed by atoms with E-state index in [1.807, 2.05) is 0 Å². The summed E-state index contributed by atoms with van der Waals surface area (Å²) in [5, 5.41) is 8.81. The molecular formula is C13H14ClF2NO2. The van der Waals surface area contributed by atoms with E-state index in [9.17, 15) is 13.6 Å². The Labute approximate surface area is 114 Å². The van der Waals surface area contributed by atoms with Crippen LogP contribution < -0.4 is 0 Å². The molecule has 0 bridgehead atoms. The summed E-state index contributed by atoms with van der Waals surface area (Å²) in [7, 11) is 0. The zero-order chi connectivity index (χ0) is 14.0. The fourth-order valence-corrected chi connectivity index (χ4v) is 2.26. The molecule has 3 nitrogen and oxygen atoms in total. The van der Waals surface area contributed by atoms with Crippen molar-refractivity contribution in [1.82, 2.24) is 4.90 Å². The zero-order valence-corrected chi connectivity index (χ0v) is 11.0.